The predicted molar refractivity (Wildman–Crippen MR) is 75.3 cm³/mol. The molecular formula is C13H32N2O2. The van der Waals surface area contributed by atoms with Crippen molar-refractivity contribution in [1.82, 2.24) is 4.90 Å². The van der Waals surface area contributed by atoms with Gasteiger partial charge >= 0.3 is 5.97 Å². The SMILES string of the molecule is CCC(CC)(CC)C(=O)O.CCN.CN(C)C. The van der Waals surface area contributed by atoms with Crippen LogP contribution in [0.5, 0.6) is 0 Å². The second-order valence-electron chi connectivity index (χ2n) is 4.40. The van der Waals surface area contributed by atoms with Crippen molar-refractivity contribution in [3.8, 4) is 0 Å². The van der Waals surface area contributed by atoms with Crippen molar-refractivity contribution in [1.29, 1.82) is 0 Å². The molecule has 0 aliphatic rings. The van der Waals surface area contributed by atoms with E-state index in [0.29, 0.717) is 0 Å². The van der Waals surface area contributed by atoms with Gasteiger partial charge in [-0.05, 0) is 47.0 Å². The van der Waals surface area contributed by atoms with Crippen molar-refractivity contribution in [2.75, 3.05) is 27.7 Å². The summed E-state index contributed by atoms with van der Waals surface area (Å²) in [6.45, 7) is 8.45. The van der Waals surface area contributed by atoms with Gasteiger partial charge in [-0.1, -0.05) is 27.7 Å². The first kappa shape index (κ1) is 21.7. The van der Waals surface area contributed by atoms with Crippen LogP contribution in [0.4, 0.5) is 0 Å². The van der Waals surface area contributed by atoms with Gasteiger partial charge in [0.15, 0.2) is 0 Å². The van der Waals surface area contributed by atoms with Crippen LogP contribution in [0.15, 0.2) is 0 Å². The van der Waals surface area contributed by atoms with E-state index in [4.69, 9.17) is 10.8 Å². The van der Waals surface area contributed by atoms with Crippen LogP contribution >= 0.6 is 0 Å². The Labute approximate surface area is 107 Å². The molecule has 0 atom stereocenters. The van der Waals surface area contributed by atoms with Gasteiger partial charge in [0.2, 0.25) is 0 Å². The molecule has 0 aliphatic heterocycles. The molecule has 0 unspecified atom stereocenters. The van der Waals surface area contributed by atoms with Crippen LogP contribution in [0.25, 0.3) is 0 Å². The standard InChI is InChI=1S/C8H16O2.C3H9N.C2H7N/c1-4-8(5-2,6-3)7(9)10;1-4(2)3;1-2-3/h4-6H2,1-3H3,(H,9,10);1-3H3;2-3H2,1H3. The third-order valence-electron chi connectivity index (χ3n) is 2.48. The second kappa shape index (κ2) is 13.5. The van der Waals surface area contributed by atoms with E-state index >= 15 is 0 Å². The highest BCUT2D eigenvalue weighted by Gasteiger charge is 2.32. The molecule has 0 saturated heterocycles. The van der Waals surface area contributed by atoms with E-state index in [1.165, 1.54) is 0 Å². The number of nitrogens with zero attached hydrogens (tertiary/aromatic N) is 1. The summed E-state index contributed by atoms with van der Waals surface area (Å²) in [5.74, 6) is -0.653. The highest BCUT2D eigenvalue weighted by Crippen LogP contribution is 2.30. The predicted octanol–water partition coefficient (Wildman–Crippen LogP) is 2.43. The van der Waals surface area contributed by atoms with Crippen molar-refractivity contribution >= 4 is 5.97 Å². The number of carbonyl (C=O) groups is 1. The first-order valence-electron chi connectivity index (χ1n) is 6.32. The zero-order chi connectivity index (χ0) is 14.5. The van der Waals surface area contributed by atoms with Gasteiger partial charge in [-0.15, -0.1) is 0 Å². The summed E-state index contributed by atoms with van der Waals surface area (Å²) in [6, 6.07) is 0. The maximum Gasteiger partial charge on any atom is 0.309 e. The zero-order valence-corrected chi connectivity index (χ0v) is 12.7. The summed E-state index contributed by atoms with van der Waals surface area (Å²) in [5.41, 5.74) is 4.39. The molecule has 0 radical (unpaired) electrons. The van der Waals surface area contributed by atoms with Crippen LogP contribution in [0.3, 0.4) is 0 Å². The highest BCUT2D eigenvalue weighted by molar-refractivity contribution is 5.74. The summed E-state index contributed by atoms with van der Waals surface area (Å²) in [5, 5.41) is 8.82. The summed E-state index contributed by atoms with van der Waals surface area (Å²) in [6.07, 6.45) is 2.19. The molecular weight excluding hydrogens is 216 g/mol. The maximum absolute atomic E-state index is 10.7. The maximum atomic E-state index is 10.7. The first-order chi connectivity index (χ1) is 7.77. The lowest BCUT2D eigenvalue weighted by molar-refractivity contribution is -0.149. The van der Waals surface area contributed by atoms with E-state index in [1.54, 1.807) is 0 Å². The highest BCUT2D eigenvalue weighted by atomic mass is 16.4. The van der Waals surface area contributed by atoms with Crippen LogP contribution < -0.4 is 5.73 Å². The average Bonchev–Trinajstić information content (AvgIpc) is 2.21. The van der Waals surface area contributed by atoms with Gasteiger partial charge in [-0.2, -0.15) is 0 Å². The Morgan fingerprint density at radius 1 is 1.06 bits per heavy atom. The number of carboxylic acid groups (broad SMARTS) is 1. The molecule has 3 N–H and O–H groups in total. The van der Waals surface area contributed by atoms with Crippen molar-refractivity contribution in [2.45, 2.75) is 47.0 Å². The van der Waals surface area contributed by atoms with Gasteiger partial charge in [0.25, 0.3) is 0 Å². The lowest BCUT2D eigenvalue weighted by atomic mass is 9.80. The van der Waals surface area contributed by atoms with Crippen molar-refractivity contribution in [3.05, 3.63) is 0 Å². The quantitative estimate of drug-likeness (QED) is 0.802. The lowest BCUT2D eigenvalue weighted by Gasteiger charge is -2.24. The largest absolute Gasteiger partial charge is 0.481 e. The molecule has 4 nitrogen and oxygen atoms in total. The van der Waals surface area contributed by atoms with Crippen molar-refractivity contribution in [2.24, 2.45) is 11.1 Å². The van der Waals surface area contributed by atoms with Crippen LogP contribution in [0.2, 0.25) is 0 Å². The number of nitrogens with two attached hydrogens (primary N) is 1. The fourth-order valence-electron chi connectivity index (χ4n) is 1.20. The molecule has 0 aromatic heterocycles. The van der Waals surface area contributed by atoms with Crippen molar-refractivity contribution in [3.63, 3.8) is 0 Å². The number of hydrogen-bond acceptors (Lipinski definition) is 3. The van der Waals surface area contributed by atoms with E-state index in [9.17, 15) is 4.79 Å². The second-order valence-corrected chi connectivity index (χ2v) is 4.40. The fraction of sp³-hybridized carbons (Fsp3) is 0.923. The Morgan fingerprint density at radius 3 is 1.24 bits per heavy atom. The van der Waals surface area contributed by atoms with Crippen LogP contribution in [-0.2, 0) is 4.79 Å². The Morgan fingerprint density at radius 2 is 1.24 bits per heavy atom. The molecule has 4 heteroatoms. The Hall–Kier alpha value is -0.610. The summed E-state index contributed by atoms with van der Waals surface area (Å²) >= 11 is 0. The molecule has 0 aliphatic carbocycles. The number of aliphatic carboxylic acids is 1. The van der Waals surface area contributed by atoms with Crippen LogP contribution in [0, 0.1) is 5.41 Å². The fourth-order valence-corrected chi connectivity index (χ4v) is 1.20. The molecule has 0 spiro atoms. The molecule has 0 amide bonds. The third kappa shape index (κ3) is 13.3. The molecule has 0 heterocycles. The Kier molecular flexibility index (Phi) is 17.1. The van der Waals surface area contributed by atoms with Gasteiger partial charge in [0, 0.05) is 0 Å². The Bertz CT molecular complexity index is 156. The number of carboxylic acids is 1. The number of rotatable bonds is 4. The van der Waals surface area contributed by atoms with Gasteiger partial charge in [-0.25, -0.2) is 0 Å². The normalized spacial score (nSPS) is 9.94. The monoisotopic (exact) mass is 248 g/mol. The van der Waals surface area contributed by atoms with E-state index in [1.807, 2.05) is 53.7 Å². The molecule has 0 aromatic carbocycles. The average molecular weight is 248 g/mol. The number of hydrogen-bond donors (Lipinski definition) is 2. The first-order valence-corrected chi connectivity index (χ1v) is 6.32. The topological polar surface area (TPSA) is 66.6 Å². The smallest absolute Gasteiger partial charge is 0.309 e. The van der Waals surface area contributed by atoms with E-state index < -0.39 is 11.4 Å². The molecule has 0 bridgehead atoms. The molecule has 17 heavy (non-hydrogen) atoms. The van der Waals surface area contributed by atoms with Gasteiger partial charge in [0.1, 0.15) is 0 Å². The van der Waals surface area contributed by atoms with E-state index in [2.05, 4.69) is 0 Å². The molecule has 0 saturated carbocycles. The van der Waals surface area contributed by atoms with Gasteiger partial charge in [-0.3, -0.25) is 4.79 Å². The molecule has 0 aromatic rings. The van der Waals surface area contributed by atoms with Gasteiger partial charge < -0.3 is 15.7 Å². The minimum Gasteiger partial charge on any atom is -0.481 e. The van der Waals surface area contributed by atoms with Crippen molar-refractivity contribution < 1.29 is 9.90 Å². The summed E-state index contributed by atoms with van der Waals surface area (Å²) in [4.78, 5) is 12.7. The summed E-state index contributed by atoms with van der Waals surface area (Å²) in [7, 11) is 6.00. The Balaban J connectivity index is -0.000000232. The van der Waals surface area contributed by atoms with Gasteiger partial charge in [0.05, 0.1) is 5.41 Å². The zero-order valence-electron chi connectivity index (χ0n) is 12.7. The van der Waals surface area contributed by atoms with E-state index in [0.717, 1.165) is 25.8 Å². The van der Waals surface area contributed by atoms with Crippen LogP contribution in [-0.4, -0.2) is 43.7 Å². The van der Waals surface area contributed by atoms with E-state index in [-0.39, 0.29) is 0 Å². The molecule has 106 valence electrons. The molecule has 0 fully saturated rings. The lowest BCUT2D eigenvalue weighted by Crippen LogP contribution is -2.28. The minimum atomic E-state index is -0.653. The minimum absolute atomic E-state index is 0.458. The molecule has 0 rings (SSSR count). The van der Waals surface area contributed by atoms with Crippen LogP contribution in [0.1, 0.15) is 47.0 Å². The third-order valence-corrected chi connectivity index (χ3v) is 2.48. The summed E-state index contributed by atoms with van der Waals surface area (Å²) < 4.78 is 0.